The Morgan fingerprint density at radius 3 is 2.89 bits per heavy atom. The van der Waals surface area contributed by atoms with Crippen LogP contribution in [0.1, 0.15) is 44.6 Å². The van der Waals surface area contributed by atoms with Gasteiger partial charge in [0, 0.05) is 17.0 Å². The summed E-state index contributed by atoms with van der Waals surface area (Å²) >= 11 is 2.95. The number of fused-ring (bicyclic) bond motifs is 3. The van der Waals surface area contributed by atoms with E-state index in [1.807, 2.05) is 20.8 Å². The molecule has 0 unspecified atom stereocenters. The largest absolute Gasteiger partial charge is 0.351 e. The number of hydrogen-bond acceptors (Lipinski definition) is 5. The molecule has 0 radical (unpaired) electrons. The van der Waals surface area contributed by atoms with Crippen LogP contribution in [-0.4, -0.2) is 26.8 Å². The monoisotopic (exact) mass is 405 g/mol. The van der Waals surface area contributed by atoms with E-state index in [1.54, 1.807) is 22.0 Å². The number of carbonyl (C=O) groups is 1. The number of allylic oxidation sites excluding steroid dienone is 1. The minimum Gasteiger partial charge on any atom is -0.351 e. The molecule has 0 spiro atoms. The van der Waals surface area contributed by atoms with Gasteiger partial charge in [-0.1, -0.05) is 24.8 Å². The van der Waals surface area contributed by atoms with E-state index in [2.05, 4.69) is 18.8 Å². The van der Waals surface area contributed by atoms with E-state index >= 15 is 0 Å². The third kappa shape index (κ3) is 4.46. The second kappa shape index (κ2) is 7.80. The first-order valence-corrected chi connectivity index (χ1v) is 11.1. The summed E-state index contributed by atoms with van der Waals surface area (Å²) in [5.41, 5.74) is 0.899. The number of carbonyl (C=O) groups excluding carboxylic acids is 1. The number of rotatable bonds is 5. The summed E-state index contributed by atoms with van der Waals surface area (Å²) < 4.78 is 1.65. The highest BCUT2D eigenvalue weighted by molar-refractivity contribution is 7.99. The molecule has 27 heavy (non-hydrogen) atoms. The van der Waals surface area contributed by atoms with E-state index in [0.717, 1.165) is 29.5 Å². The van der Waals surface area contributed by atoms with Gasteiger partial charge < -0.3 is 5.32 Å². The summed E-state index contributed by atoms with van der Waals surface area (Å²) in [6.45, 7) is 12.3. The molecule has 2 aromatic heterocycles. The molecule has 146 valence electrons. The summed E-state index contributed by atoms with van der Waals surface area (Å²) in [4.78, 5) is 32.2. The smallest absolute Gasteiger partial charge is 0.263 e. The zero-order chi connectivity index (χ0) is 19.8. The van der Waals surface area contributed by atoms with Crippen LogP contribution in [0.3, 0.4) is 0 Å². The predicted molar refractivity (Wildman–Crippen MR) is 114 cm³/mol. The average molecular weight is 406 g/mol. The highest BCUT2D eigenvalue weighted by Crippen LogP contribution is 2.36. The average Bonchev–Trinajstić information content (AvgIpc) is 2.91. The van der Waals surface area contributed by atoms with Gasteiger partial charge in [0.25, 0.3) is 5.56 Å². The molecule has 1 aliphatic carbocycles. The van der Waals surface area contributed by atoms with Gasteiger partial charge in [0.2, 0.25) is 5.91 Å². The van der Waals surface area contributed by atoms with Crippen LogP contribution >= 0.6 is 23.1 Å². The Hall–Kier alpha value is -1.60. The molecule has 1 atom stereocenters. The van der Waals surface area contributed by atoms with Gasteiger partial charge in [-0.15, -0.1) is 17.9 Å². The highest BCUT2D eigenvalue weighted by Gasteiger charge is 2.25. The molecule has 2 aromatic rings. The lowest BCUT2D eigenvalue weighted by Crippen LogP contribution is -2.41. The lowest BCUT2D eigenvalue weighted by atomic mass is 9.89. The lowest BCUT2D eigenvalue weighted by molar-refractivity contribution is -0.119. The predicted octanol–water partition coefficient (Wildman–Crippen LogP) is 3.78. The SMILES string of the molecule is C=CCn1c(SCC(=O)NC(C)(C)C)nc2sc3c(c2c1=O)CC[C@H](C)C3. The molecule has 7 heteroatoms. The van der Waals surface area contributed by atoms with Crippen LogP contribution in [0, 0.1) is 5.92 Å². The maximum Gasteiger partial charge on any atom is 0.263 e. The molecule has 1 aliphatic rings. The Labute approximate surface area is 168 Å². The molecule has 1 N–H and O–H groups in total. The zero-order valence-corrected chi connectivity index (χ0v) is 18.1. The highest BCUT2D eigenvalue weighted by atomic mass is 32.2. The molecule has 0 aromatic carbocycles. The molecule has 2 heterocycles. The quantitative estimate of drug-likeness (QED) is 0.467. The standard InChI is InChI=1S/C20H27N3O2S2/c1-6-9-23-18(25)16-13-8-7-12(2)10-14(13)27-17(16)21-19(23)26-11-15(24)22-20(3,4)5/h6,12H,1,7-11H2,2-5H3,(H,22,24)/t12-/m0/s1. The van der Waals surface area contributed by atoms with Gasteiger partial charge in [0.05, 0.1) is 11.1 Å². The summed E-state index contributed by atoms with van der Waals surface area (Å²) in [7, 11) is 0. The fourth-order valence-corrected chi connectivity index (χ4v) is 5.62. The Balaban J connectivity index is 1.97. The first-order chi connectivity index (χ1) is 12.7. The summed E-state index contributed by atoms with van der Waals surface area (Å²) in [6, 6.07) is 0. The fraction of sp³-hybridized carbons (Fsp3) is 0.550. The minimum absolute atomic E-state index is 0.00863. The van der Waals surface area contributed by atoms with Crippen molar-refractivity contribution in [1.82, 2.24) is 14.9 Å². The zero-order valence-electron chi connectivity index (χ0n) is 16.4. The number of aryl methyl sites for hydroxylation is 1. The second-order valence-electron chi connectivity index (χ2n) is 8.22. The van der Waals surface area contributed by atoms with Gasteiger partial charge in [-0.3, -0.25) is 14.2 Å². The van der Waals surface area contributed by atoms with Crippen molar-refractivity contribution < 1.29 is 4.79 Å². The molecule has 0 bridgehead atoms. The van der Waals surface area contributed by atoms with Crippen molar-refractivity contribution in [3.8, 4) is 0 Å². The van der Waals surface area contributed by atoms with E-state index in [4.69, 9.17) is 4.98 Å². The maximum atomic E-state index is 13.2. The van der Waals surface area contributed by atoms with Crippen molar-refractivity contribution in [2.75, 3.05) is 5.75 Å². The van der Waals surface area contributed by atoms with Crippen LogP contribution in [-0.2, 0) is 24.2 Å². The molecule has 0 fully saturated rings. The van der Waals surface area contributed by atoms with Crippen molar-refractivity contribution in [2.24, 2.45) is 5.92 Å². The number of hydrogen-bond donors (Lipinski definition) is 1. The summed E-state index contributed by atoms with van der Waals surface area (Å²) in [5, 5.41) is 4.30. The van der Waals surface area contributed by atoms with Gasteiger partial charge in [-0.25, -0.2) is 4.98 Å². The molecule has 0 aliphatic heterocycles. The Kier molecular flexibility index (Phi) is 5.82. The Morgan fingerprint density at radius 1 is 1.48 bits per heavy atom. The van der Waals surface area contributed by atoms with Crippen LogP contribution in [0.5, 0.6) is 0 Å². The molecular weight excluding hydrogens is 378 g/mol. The number of amides is 1. The third-order valence-electron chi connectivity index (χ3n) is 4.54. The van der Waals surface area contributed by atoms with Crippen LogP contribution < -0.4 is 10.9 Å². The molecule has 3 rings (SSSR count). The lowest BCUT2D eigenvalue weighted by Gasteiger charge is -2.20. The van der Waals surface area contributed by atoms with Gasteiger partial charge in [-0.05, 0) is 51.5 Å². The van der Waals surface area contributed by atoms with Gasteiger partial charge >= 0.3 is 0 Å². The third-order valence-corrected chi connectivity index (χ3v) is 6.66. The Morgan fingerprint density at radius 2 is 2.22 bits per heavy atom. The van der Waals surface area contributed by atoms with Gasteiger partial charge in [0.1, 0.15) is 4.83 Å². The number of thiophene rings is 1. The fourth-order valence-electron chi connectivity index (χ4n) is 3.39. The normalized spacial score (nSPS) is 17.0. The van der Waals surface area contributed by atoms with Crippen molar-refractivity contribution in [3.05, 3.63) is 33.4 Å². The maximum absolute atomic E-state index is 13.2. The number of nitrogens with one attached hydrogen (secondary N) is 1. The van der Waals surface area contributed by atoms with Gasteiger partial charge in [0.15, 0.2) is 5.16 Å². The molecule has 5 nitrogen and oxygen atoms in total. The minimum atomic E-state index is -0.278. The van der Waals surface area contributed by atoms with Gasteiger partial charge in [-0.2, -0.15) is 0 Å². The van der Waals surface area contributed by atoms with Crippen molar-refractivity contribution in [3.63, 3.8) is 0 Å². The summed E-state index contributed by atoms with van der Waals surface area (Å²) in [5.74, 6) is 0.816. The Bertz CT molecular complexity index is 937. The topological polar surface area (TPSA) is 64.0 Å². The van der Waals surface area contributed by atoms with Crippen molar-refractivity contribution in [2.45, 2.75) is 64.2 Å². The van der Waals surface area contributed by atoms with E-state index in [1.165, 1.54) is 22.2 Å². The first kappa shape index (κ1) is 20.1. The van der Waals surface area contributed by atoms with Crippen molar-refractivity contribution in [1.29, 1.82) is 0 Å². The van der Waals surface area contributed by atoms with Crippen LogP contribution in [0.25, 0.3) is 10.2 Å². The van der Waals surface area contributed by atoms with E-state index in [0.29, 0.717) is 17.6 Å². The van der Waals surface area contributed by atoms with Crippen LogP contribution in [0.4, 0.5) is 0 Å². The molecule has 1 amide bonds. The van der Waals surface area contributed by atoms with Crippen LogP contribution in [0.2, 0.25) is 0 Å². The van der Waals surface area contributed by atoms with E-state index < -0.39 is 0 Å². The summed E-state index contributed by atoms with van der Waals surface area (Å²) in [6.07, 6.45) is 4.79. The van der Waals surface area contributed by atoms with Crippen molar-refractivity contribution >= 4 is 39.2 Å². The number of nitrogens with zero attached hydrogens (tertiary/aromatic N) is 2. The number of thioether (sulfide) groups is 1. The van der Waals surface area contributed by atoms with E-state index in [-0.39, 0.29) is 22.8 Å². The molecule has 0 saturated carbocycles. The molecule has 0 saturated heterocycles. The molecular formula is C20H27N3O2S2. The number of aromatic nitrogens is 2. The van der Waals surface area contributed by atoms with E-state index in [9.17, 15) is 9.59 Å². The second-order valence-corrected chi connectivity index (χ2v) is 10.2. The van der Waals surface area contributed by atoms with Crippen LogP contribution in [0.15, 0.2) is 22.6 Å². The first-order valence-electron chi connectivity index (χ1n) is 9.29.